The fourth-order valence-electron chi connectivity index (χ4n) is 3.56. The third-order valence-electron chi connectivity index (χ3n) is 5.14. The van der Waals surface area contributed by atoms with Crippen molar-refractivity contribution in [1.82, 2.24) is 23.9 Å². The van der Waals surface area contributed by atoms with Crippen molar-refractivity contribution in [2.24, 2.45) is 14.1 Å². The second-order valence-corrected chi connectivity index (χ2v) is 7.09. The number of hydrogen-bond donors (Lipinski definition) is 0. The van der Waals surface area contributed by atoms with Crippen LogP contribution in [-0.2, 0) is 25.3 Å². The van der Waals surface area contributed by atoms with Crippen molar-refractivity contribution in [2.45, 2.75) is 6.42 Å². The minimum absolute atomic E-state index is 0.00212. The highest BCUT2D eigenvalue weighted by atomic mass is 16.2. The van der Waals surface area contributed by atoms with Crippen molar-refractivity contribution in [2.75, 3.05) is 26.2 Å². The standard InChI is InChI=1S/C20H23N5O2/c1-22-6-5-15(13-22)11-19(26)24-7-9-25(10-8-24)20(27)16-3-4-18-17(12-16)21-14-23(18)2/h3-6,12-14H,7-11H2,1-2H3. The molecule has 0 unspecified atom stereocenters. The van der Waals surface area contributed by atoms with E-state index < -0.39 is 0 Å². The van der Waals surface area contributed by atoms with Crippen molar-refractivity contribution in [3.05, 3.63) is 54.1 Å². The summed E-state index contributed by atoms with van der Waals surface area (Å²) in [5.74, 6) is 0.112. The van der Waals surface area contributed by atoms with Gasteiger partial charge in [-0.05, 0) is 29.8 Å². The number of rotatable bonds is 3. The normalized spacial score (nSPS) is 14.7. The van der Waals surface area contributed by atoms with Gasteiger partial charge in [0.05, 0.1) is 23.8 Å². The molecule has 1 aromatic carbocycles. The van der Waals surface area contributed by atoms with Crippen LogP contribution in [0.15, 0.2) is 43.0 Å². The zero-order chi connectivity index (χ0) is 19.0. The summed E-state index contributed by atoms with van der Waals surface area (Å²) in [6.07, 6.45) is 6.06. The maximum absolute atomic E-state index is 12.8. The molecule has 1 aliphatic rings. The van der Waals surface area contributed by atoms with Crippen molar-refractivity contribution < 1.29 is 9.59 Å². The van der Waals surface area contributed by atoms with Crippen LogP contribution in [0.25, 0.3) is 11.0 Å². The lowest BCUT2D eigenvalue weighted by molar-refractivity contribution is -0.131. The lowest BCUT2D eigenvalue weighted by Crippen LogP contribution is -2.51. The van der Waals surface area contributed by atoms with E-state index in [4.69, 9.17) is 0 Å². The highest BCUT2D eigenvalue weighted by Crippen LogP contribution is 2.16. The summed E-state index contributed by atoms with van der Waals surface area (Å²) in [7, 11) is 3.88. The first kappa shape index (κ1) is 17.3. The van der Waals surface area contributed by atoms with Gasteiger partial charge in [-0.25, -0.2) is 4.98 Å². The smallest absolute Gasteiger partial charge is 0.254 e. The molecular weight excluding hydrogens is 342 g/mol. The number of aryl methyl sites for hydroxylation is 2. The molecule has 7 heteroatoms. The SMILES string of the molecule is Cn1ccc(CC(=O)N2CCN(C(=O)c3ccc4c(c3)ncn4C)CC2)c1. The van der Waals surface area contributed by atoms with Crippen molar-refractivity contribution in [1.29, 1.82) is 0 Å². The Hall–Kier alpha value is -3.09. The van der Waals surface area contributed by atoms with Crippen LogP contribution < -0.4 is 0 Å². The summed E-state index contributed by atoms with van der Waals surface area (Å²) in [5, 5.41) is 0. The molecule has 1 saturated heterocycles. The minimum Gasteiger partial charge on any atom is -0.357 e. The second-order valence-electron chi connectivity index (χ2n) is 7.09. The molecule has 0 saturated carbocycles. The van der Waals surface area contributed by atoms with E-state index in [0.717, 1.165) is 16.6 Å². The number of amides is 2. The molecule has 1 fully saturated rings. The predicted octanol–water partition coefficient (Wildman–Crippen LogP) is 1.44. The van der Waals surface area contributed by atoms with E-state index in [-0.39, 0.29) is 11.8 Å². The molecule has 1 aliphatic heterocycles. The predicted molar refractivity (Wildman–Crippen MR) is 102 cm³/mol. The zero-order valence-corrected chi connectivity index (χ0v) is 15.6. The maximum Gasteiger partial charge on any atom is 0.254 e. The van der Waals surface area contributed by atoms with Gasteiger partial charge in [-0.2, -0.15) is 0 Å². The van der Waals surface area contributed by atoms with Crippen LogP contribution in [0.2, 0.25) is 0 Å². The van der Waals surface area contributed by atoms with E-state index in [1.165, 1.54) is 0 Å². The lowest BCUT2D eigenvalue weighted by Gasteiger charge is -2.34. The highest BCUT2D eigenvalue weighted by Gasteiger charge is 2.25. The van der Waals surface area contributed by atoms with Gasteiger partial charge in [0.2, 0.25) is 5.91 Å². The number of piperazine rings is 1. The van der Waals surface area contributed by atoms with Gasteiger partial charge in [0.15, 0.2) is 0 Å². The summed E-state index contributed by atoms with van der Waals surface area (Å²) in [6.45, 7) is 2.26. The molecular formula is C20H23N5O2. The number of hydrogen-bond acceptors (Lipinski definition) is 3. The number of nitrogens with zero attached hydrogens (tertiary/aromatic N) is 5. The van der Waals surface area contributed by atoms with Crippen LogP contribution in [0.1, 0.15) is 15.9 Å². The molecule has 4 rings (SSSR count). The number of carbonyl (C=O) groups is 2. The molecule has 27 heavy (non-hydrogen) atoms. The summed E-state index contributed by atoms with van der Waals surface area (Å²) < 4.78 is 3.87. The Balaban J connectivity index is 1.37. The van der Waals surface area contributed by atoms with Gasteiger partial charge in [0, 0.05) is 58.2 Å². The Morgan fingerprint density at radius 1 is 1.04 bits per heavy atom. The molecule has 7 nitrogen and oxygen atoms in total. The first-order valence-corrected chi connectivity index (χ1v) is 9.10. The van der Waals surface area contributed by atoms with Gasteiger partial charge in [-0.1, -0.05) is 0 Å². The van der Waals surface area contributed by atoms with Gasteiger partial charge in [-0.3, -0.25) is 9.59 Å². The van der Waals surface area contributed by atoms with E-state index in [1.54, 1.807) is 6.33 Å². The third-order valence-corrected chi connectivity index (χ3v) is 5.14. The monoisotopic (exact) mass is 365 g/mol. The first-order chi connectivity index (χ1) is 13.0. The van der Waals surface area contributed by atoms with Gasteiger partial charge >= 0.3 is 0 Å². The molecule has 2 aromatic heterocycles. The fourth-order valence-corrected chi connectivity index (χ4v) is 3.56. The number of imidazole rings is 1. The van der Waals surface area contributed by atoms with Gasteiger partial charge in [0.25, 0.3) is 5.91 Å². The molecule has 0 aliphatic carbocycles. The Morgan fingerprint density at radius 3 is 2.48 bits per heavy atom. The van der Waals surface area contributed by atoms with Gasteiger partial charge < -0.3 is 18.9 Å². The van der Waals surface area contributed by atoms with Crippen LogP contribution in [0.3, 0.4) is 0 Å². The van der Waals surface area contributed by atoms with Crippen LogP contribution in [0.5, 0.6) is 0 Å². The number of fused-ring (bicyclic) bond motifs is 1. The summed E-state index contributed by atoms with van der Waals surface area (Å²) in [5.41, 5.74) is 3.48. The second kappa shape index (κ2) is 6.90. The molecule has 3 aromatic rings. The van der Waals surface area contributed by atoms with E-state index >= 15 is 0 Å². The van der Waals surface area contributed by atoms with E-state index in [9.17, 15) is 9.59 Å². The molecule has 0 bridgehead atoms. The molecule has 0 radical (unpaired) electrons. The van der Waals surface area contributed by atoms with Crippen LogP contribution in [0, 0.1) is 0 Å². The van der Waals surface area contributed by atoms with Crippen LogP contribution in [0.4, 0.5) is 0 Å². The summed E-state index contributed by atoms with van der Waals surface area (Å²) in [4.78, 5) is 33.3. The summed E-state index contributed by atoms with van der Waals surface area (Å²) >= 11 is 0. The van der Waals surface area contributed by atoms with E-state index in [1.807, 2.05) is 69.7 Å². The quantitative estimate of drug-likeness (QED) is 0.706. The third kappa shape index (κ3) is 3.45. The Labute approximate surface area is 157 Å². The van der Waals surface area contributed by atoms with E-state index in [0.29, 0.717) is 38.2 Å². The minimum atomic E-state index is -0.00212. The number of carbonyl (C=O) groups excluding carboxylic acids is 2. The Kier molecular flexibility index (Phi) is 4.43. The molecule has 3 heterocycles. The maximum atomic E-state index is 12.8. The molecule has 2 amide bonds. The molecule has 0 spiro atoms. The Morgan fingerprint density at radius 2 is 1.78 bits per heavy atom. The Bertz CT molecular complexity index is 995. The summed E-state index contributed by atoms with van der Waals surface area (Å²) in [6, 6.07) is 7.57. The van der Waals surface area contributed by atoms with E-state index in [2.05, 4.69) is 4.98 Å². The fraction of sp³-hybridized carbons (Fsp3) is 0.350. The van der Waals surface area contributed by atoms with Crippen molar-refractivity contribution in [3.8, 4) is 0 Å². The van der Waals surface area contributed by atoms with Crippen LogP contribution >= 0.6 is 0 Å². The zero-order valence-electron chi connectivity index (χ0n) is 15.6. The van der Waals surface area contributed by atoms with Crippen molar-refractivity contribution >= 4 is 22.8 Å². The molecule has 0 N–H and O–H groups in total. The lowest BCUT2D eigenvalue weighted by atomic mass is 10.1. The highest BCUT2D eigenvalue weighted by molar-refractivity contribution is 5.97. The topological polar surface area (TPSA) is 63.4 Å². The van der Waals surface area contributed by atoms with Gasteiger partial charge in [0.1, 0.15) is 0 Å². The average molecular weight is 365 g/mol. The number of benzene rings is 1. The van der Waals surface area contributed by atoms with Gasteiger partial charge in [-0.15, -0.1) is 0 Å². The first-order valence-electron chi connectivity index (χ1n) is 9.10. The molecule has 0 atom stereocenters. The average Bonchev–Trinajstić information content (AvgIpc) is 3.26. The molecule has 140 valence electrons. The largest absolute Gasteiger partial charge is 0.357 e. The van der Waals surface area contributed by atoms with Crippen molar-refractivity contribution in [3.63, 3.8) is 0 Å². The number of aromatic nitrogens is 3. The van der Waals surface area contributed by atoms with Crippen LogP contribution in [-0.4, -0.2) is 61.9 Å².